The predicted molar refractivity (Wildman–Crippen MR) is 109 cm³/mol. The Labute approximate surface area is 168 Å². The van der Waals surface area contributed by atoms with Crippen molar-refractivity contribution in [3.05, 3.63) is 82.6 Å². The molecule has 4 nitrogen and oxygen atoms in total. The summed E-state index contributed by atoms with van der Waals surface area (Å²) >= 11 is 6.15. The molecule has 3 rings (SSSR count). The van der Waals surface area contributed by atoms with Gasteiger partial charge in [0.15, 0.2) is 11.5 Å². The van der Waals surface area contributed by atoms with Crippen LogP contribution in [-0.4, -0.2) is 14.2 Å². The summed E-state index contributed by atoms with van der Waals surface area (Å²) in [4.78, 5) is 0. The van der Waals surface area contributed by atoms with E-state index in [-0.39, 0.29) is 5.82 Å². The fourth-order valence-electron chi connectivity index (χ4n) is 2.66. The smallest absolute Gasteiger partial charge is 0.161 e. The average Bonchev–Trinajstić information content (AvgIpc) is 2.72. The minimum Gasteiger partial charge on any atom is -0.495 e. The van der Waals surface area contributed by atoms with Crippen LogP contribution in [0.15, 0.2) is 60.7 Å². The van der Waals surface area contributed by atoms with Crippen LogP contribution in [0, 0.1) is 5.82 Å². The number of nitrogens with one attached hydrogen (secondary N) is 1. The van der Waals surface area contributed by atoms with E-state index in [1.54, 1.807) is 26.4 Å². The summed E-state index contributed by atoms with van der Waals surface area (Å²) in [5.41, 5.74) is 2.80. The third-order valence-electron chi connectivity index (χ3n) is 4.18. The first-order valence-electron chi connectivity index (χ1n) is 8.70. The Morgan fingerprint density at radius 2 is 1.50 bits per heavy atom. The molecule has 3 aromatic rings. The molecule has 28 heavy (non-hydrogen) atoms. The average molecular weight is 402 g/mol. The van der Waals surface area contributed by atoms with Gasteiger partial charge < -0.3 is 19.5 Å². The van der Waals surface area contributed by atoms with Crippen LogP contribution in [0.4, 0.5) is 10.1 Å². The quantitative estimate of drug-likeness (QED) is 0.526. The van der Waals surface area contributed by atoms with Crippen LogP contribution >= 0.6 is 11.6 Å². The van der Waals surface area contributed by atoms with Crippen molar-refractivity contribution in [1.82, 2.24) is 0 Å². The lowest BCUT2D eigenvalue weighted by Crippen LogP contribution is -2.02. The van der Waals surface area contributed by atoms with Crippen molar-refractivity contribution in [2.75, 3.05) is 19.5 Å². The number of halogens is 2. The molecule has 0 saturated carbocycles. The first kappa shape index (κ1) is 19.8. The van der Waals surface area contributed by atoms with Crippen molar-refractivity contribution in [2.45, 2.75) is 13.2 Å². The van der Waals surface area contributed by atoms with Gasteiger partial charge in [0.05, 0.1) is 19.2 Å². The van der Waals surface area contributed by atoms with Gasteiger partial charge in [0.1, 0.15) is 18.2 Å². The Hall–Kier alpha value is -2.92. The maximum atomic E-state index is 13.0. The third-order valence-corrected chi connectivity index (χ3v) is 4.48. The van der Waals surface area contributed by atoms with E-state index in [2.05, 4.69) is 5.32 Å². The van der Waals surface area contributed by atoms with Gasteiger partial charge in [-0.3, -0.25) is 0 Å². The standard InChI is InChI=1S/C22H21ClFNO3/c1-26-20-10-8-18(12-19(20)23)25-13-16-5-9-21(22(11-16)27-2)28-14-15-3-6-17(24)7-4-15/h3-12,25H,13-14H2,1-2H3. The lowest BCUT2D eigenvalue weighted by molar-refractivity contribution is 0.284. The molecule has 3 aromatic carbocycles. The zero-order valence-electron chi connectivity index (χ0n) is 15.7. The fourth-order valence-corrected chi connectivity index (χ4v) is 2.92. The molecule has 146 valence electrons. The zero-order valence-corrected chi connectivity index (χ0v) is 16.4. The van der Waals surface area contributed by atoms with Crippen molar-refractivity contribution in [2.24, 2.45) is 0 Å². The first-order valence-corrected chi connectivity index (χ1v) is 9.08. The Bertz CT molecular complexity index is 932. The molecule has 0 spiro atoms. The van der Waals surface area contributed by atoms with Gasteiger partial charge in [-0.15, -0.1) is 0 Å². The van der Waals surface area contributed by atoms with Crippen LogP contribution in [0.3, 0.4) is 0 Å². The van der Waals surface area contributed by atoms with E-state index in [1.807, 2.05) is 36.4 Å². The summed E-state index contributed by atoms with van der Waals surface area (Å²) < 4.78 is 29.4. The van der Waals surface area contributed by atoms with Crippen LogP contribution in [0.2, 0.25) is 5.02 Å². The molecule has 0 aliphatic heterocycles. The summed E-state index contributed by atoms with van der Waals surface area (Å²) in [5.74, 6) is 1.63. The monoisotopic (exact) mass is 401 g/mol. The SMILES string of the molecule is COc1ccc(NCc2ccc(OCc3ccc(F)cc3)c(OC)c2)cc1Cl. The molecular weight excluding hydrogens is 381 g/mol. The highest BCUT2D eigenvalue weighted by Gasteiger charge is 2.07. The highest BCUT2D eigenvalue weighted by Crippen LogP contribution is 2.30. The van der Waals surface area contributed by atoms with E-state index in [9.17, 15) is 4.39 Å². The minimum absolute atomic E-state index is 0.267. The highest BCUT2D eigenvalue weighted by molar-refractivity contribution is 6.32. The number of methoxy groups -OCH3 is 2. The van der Waals surface area contributed by atoms with E-state index in [0.717, 1.165) is 16.8 Å². The number of ether oxygens (including phenoxy) is 3. The molecule has 6 heteroatoms. The molecule has 0 aliphatic carbocycles. The number of anilines is 1. The molecular formula is C22H21ClFNO3. The van der Waals surface area contributed by atoms with Crippen molar-refractivity contribution >= 4 is 17.3 Å². The van der Waals surface area contributed by atoms with Gasteiger partial charge >= 0.3 is 0 Å². The number of rotatable bonds is 8. The lowest BCUT2D eigenvalue weighted by Gasteiger charge is -2.13. The van der Waals surface area contributed by atoms with Gasteiger partial charge in [-0.1, -0.05) is 29.8 Å². The summed E-state index contributed by atoms with van der Waals surface area (Å²) in [6.45, 7) is 0.926. The second-order valence-electron chi connectivity index (χ2n) is 6.10. The summed E-state index contributed by atoms with van der Waals surface area (Å²) in [5, 5.41) is 3.87. The predicted octanol–water partition coefficient (Wildman–Crippen LogP) is 5.69. The Kier molecular flexibility index (Phi) is 6.61. The van der Waals surface area contributed by atoms with E-state index in [1.165, 1.54) is 12.1 Å². The highest BCUT2D eigenvalue weighted by atomic mass is 35.5. The van der Waals surface area contributed by atoms with E-state index in [0.29, 0.717) is 35.4 Å². The summed E-state index contributed by atoms with van der Waals surface area (Å²) in [7, 11) is 3.18. The number of hydrogen-bond acceptors (Lipinski definition) is 4. The fraction of sp³-hybridized carbons (Fsp3) is 0.182. The molecule has 0 heterocycles. The van der Waals surface area contributed by atoms with Gasteiger partial charge in [0.25, 0.3) is 0 Å². The Morgan fingerprint density at radius 3 is 2.18 bits per heavy atom. The van der Waals surface area contributed by atoms with E-state index < -0.39 is 0 Å². The van der Waals surface area contributed by atoms with Crippen molar-refractivity contribution < 1.29 is 18.6 Å². The minimum atomic E-state index is -0.267. The van der Waals surface area contributed by atoms with Crippen LogP contribution < -0.4 is 19.5 Å². The molecule has 0 bridgehead atoms. The molecule has 0 saturated heterocycles. The van der Waals surface area contributed by atoms with Crippen LogP contribution in [0.5, 0.6) is 17.2 Å². The Balaban J connectivity index is 1.63. The normalized spacial score (nSPS) is 10.4. The summed E-state index contributed by atoms with van der Waals surface area (Å²) in [6, 6.07) is 17.5. The number of hydrogen-bond donors (Lipinski definition) is 1. The largest absolute Gasteiger partial charge is 0.495 e. The zero-order chi connectivity index (χ0) is 19.9. The molecule has 1 N–H and O–H groups in total. The molecule has 0 radical (unpaired) electrons. The van der Waals surface area contributed by atoms with Crippen molar-refractivity contribution in [3.8, 4) is 17.2 Å². The van der Waals surface area contributed by atoms with Gasteiger partial charge in [0.2, 0.25) is 0 Å². The molecule has 0 atom stereocenters. The topological polar surface area (TPSA) is 39.7 Å². The second-order valence-corrected chi connectivity index (χ2v) is 6.51. The third kappa shape index (κ3) is 5.08. The lowest BCUT2D eigenvalue weighted by atomic mass is 10.2. The molecule has 0 fully saturated rings. The molecule has 0 unspecified atom stereocenters. The molecule has 0 aliphatic rings. The second kappa shape index (κ2) is 9.33. The maximum absolute atomic E-state index is 13.0. The van der Waals surface area contributed by atoms with Crippen LogP contribution in [0.25, 0.3) is 0 Å². The number of benzene rings is 3. The van der Waals surface area contributed by atoms with Crippen molar-refractivity contribution in [1.29, 1.82) is 0 Å². The van der Waals surface area contributed by atoms with Gasteiger partial charge in [-0.25, -0.2) is 4.39 Å². The molecule has 0 aromatic heterocycles. The van der Waals surface area contributed by atoms with Crippen molar-refractivity contribution in [3.63, 3.8) is 0 Å². The Morgan fingerprint density at radius 1 is 0.821 bits per heavy atom. The van der Waals surface area contributed by atoms with Gasteiger partial charge in [0, 0.05) is 12.2 Å². The maximum Gasteiger partial charge on any atom is 0.161 e. The van der Waals surface area contributed by atoms with Gasteiger partial charge in [-0.2, -0.15) is 0 Å². The van der Waals surface area contributed by atoms with E-state index in [4.69, 9.17) is 25.8 Å². The van der Waals surface area contributed by atoms with E-state index >= 15 is 0 Å². The first-order chi connectivity index (χ1) is 13.6. The van der Waals surface area contributed by atoms with Crippen LogP contribution in [-0.2, 0) is 13.2 Å². The molecule has 0 amide bonds. The summed E-state index contributed by atoms with van der Waals surface area (Å²) in [6.07, 6.45) is 0. The van der Waals surface area contributed by atoms with Crippen LogP contribution in [0.1, 0.15) is 11.1 Å². The van der Waals surface area contributed by atoms with Gasteiger partial charge in [-0.05, 0) is 53.6 Å².